The van der Waals surface area contributed by atoms with Crippen LogP contribution in [0.4, 0.5) is 23.1 Å². The molecule has 0 aliphatic carbocycles. The molecule has 0 radical (unpaired) electrons. The molecule has 0 unspecified atom stereocenters. The van der Waals surface area contributed by atoms with Crippen molar-refractivity contribution in [3.63, 3.8) is 0 Å². The Balaban J connectivity index is 1.41. The molecule has 1 saturated heterocycles. The highest BCUT2D eigenvalue weighted by atomic mass is 16.1. The fraction of sp³-hybridized carbons (Fsp3) is 0.280. The Hall–Kier alpha value is -3.74. The third-order valence-corrected chi connectivity index (χ3v) is 5.45. The number of anilines is 4. The average Bonchev–Trinajstić information content (AvgIpc) is 2.80. The fourth-order valence-electron chi connectivity index (χ4n) is 3.70. The molecule has 0 atom stereocenters. The minimum absolute atomic E-state index is 0.0259. The molecule has 0 spiro atoms. The first kappa shape index (κ1) is 21.5. The summed E-state index contributed by atoms with van der Waals surface area (Å²) in [4.78, 5) is 35.4. The largest absolute Gasteiger partial charge is 0.341 e. The van der Waals surface area contributed by atoms with E-state index in [1.807, 2.05) is 37.3 Å². The lowest BCUT2D eigenvalue weighted by Crippen LogP contribution is -2.31. The maximum absolute atomic E-state index is 12.5. The van der Waals surface area contributed by atoms with Crippen molar-refractivity contribution in [3.05, 3.63) is 71.4 Å². The van der Waals surface area contributed by atoms with E-state index in [9.17, 15) is 9.59 Å². The molecule has 1 fully saturated rings. The van der Waals surface area contributed by atoms with Gasteiger partial charge in [0.05, 0.1) is 0 Å². The second kappa shape index (κ2) is 9.60. The van der Waals surface area contributed by atoms with Gasteiger partial charge in [0.1, 0.15) is 5.82 Å². The van der Waals surface area contributed by atoms with Gasteiger partial charge in [-0.2, -0.15) is 4.98 Å². The molecule has 1 aliphatic rings. The van der Waals surface area contributed by atoms with Gasteiger partial charge in [-0.05, 0) is 69.5 Å². The number of Topliss-reactive ketones (excluding diaryl/α,β-unsaturated/α-hetero) is 1. The second-order valence-electron chi connectivity index (χ2n) is 8.03. The van der Waals surface area contributed by atoms with Crippen molar-refractivity contribution in [2.75, 3.05) is 28.6 Å². The molecule has 2 N–H and O–H groups in total. The molecular weight excluding hydrogens is 402 g/mol. The molecule has 2 heterocycles. The summed E-state index contributed by atoms with van der Waals surface area (Å²) in [5.41, 5.74) is 3.56. The first-order chi connectivity index (χ1) is 15.5. The molecule has 32 heavy (non-hydrogen) atoms. The molecule has 0 bridgehead atoms. The number of carbonyl (C=O) groups excluding carboxylic acids is 2. The molecule has 3 aromatic rings. The zero-order valence-electron chi connectivity index (χ0n) is 18.4. The number of benzene rings is 2. The maximum atomic E-state index is 12.5. The third kappa shape index (κ3) is 5.29. The summed E-state index contributed by atoms with van der Waals surface area (Å²) >= 11 is 0. The summed E-state index contributed by atoms with van der Waals surface area (Å²) < 4.78 is 0. The van der Waals surface area contributed by atoms with Crippen molar-refractivity contribution in [3.8, 4) is 0 Å². The summed E-state index contributed by atoms with van der Waals surface area (Å²) in [6.45, 7) is 5.47. The van der Waals surface area contributed by atoms with Gasteiger partial charge in [-0.25, -0.2) is 4.98 Å². The monoisotopic (exact) mass is 429 g/mol. The molecule has 7 nitrogen and oxygen atoms in total. The first-order valence-electron chi connectivity index (χ1n) is 10.9. The number of rotatable bonds is 6. The molecule has 7 heteroatoms. The van der Waals surface area contributed by atoms with Crippen LogP contribution in [-0.4, -0.2) is 34.7 Å². The summed E-state index contributed by atoms with van der Waals surface area (Å²) in [6, 6.07) is 16.0. The van der Waals surface area contributed by atoms with Crippen LogP contribution in [0.25, 0.3) is 0 Å². The van der Waals surface area contributed by atoms with E-state index in [0.717, 1.165) is 36.2 Å². The molecule has 1 aliphatic heterocycles. The van der Waals surface area contributed by atoms with E-state index in [4.69, 9.17) is 4.98 Å². The van der Waals surface area contributed by atoms with Crippen molar-refractivity contribution >= 4 is 34.8 Å². The SMILES string of the molecule is CC(=O)c1ccc(C(=O)Nc2ccc(Nc3cc(C)nc(N4CCCCC4)n3)cc2)cc1. The van der Waals surface area contributed by atoms with E-state index < -0.39 is 0 Å². The molecule has 0 saturated carbocycles. The Labute approximate surface area is 187 Å². The number of nitrogens with zero attached hydrogens (tertiary/aromatic N) is 3. The summed E-state index contributed by atoms with van der Waals surface area (Å²) in [7, 11) is 0. The lowest BCUT2D eigenvalue weighted by atomic mass is 10.1. The van der Waals surface area contributed by atoms with E-state index in [0.29, 0.717) is 16.8 Å². The van der Waals surface area contributed by atoms with Crippen molar-refractivity contribution in [1.29, 1.82) is 0 Å². The standard InChI is InChI=1S/C25H27N5O2/c1-17-16-23(29-25(26-17)30-14-4-3-5-15-30)27-21-10-12-22(13-11-21)28-24(32)20-8-6-19(7-9-20)18(2)31/h6-13,16H,3-5,14-15H2,1-2H3,(H,28,32)(H,26,27,29). The van der Waals surface area contributed by atoms with Crippen molar-refractivity contribution in [1.82, 2.24) is 9.97 Å². The Morgan fingerprint density at radius 1 is 0.844 bits per heavy atom. The third-order valence-electron chi connectivity index (χ3n) is 5.45. The highest BCUT2D eigenvalue weighted by molar-refractivity contribution is 6.05. The Kier molecular flexibility index (Phi) is 6.44. The number of carbonyl (C=O) groups is 2. The van der Waals surface area contributed by atoms with Crippen LogP contribution in [0.2, 0.25) is 0 Å². The number of amides is 1. The number of piperidine rings is 1. The molecular formula is C25H27N5O2. The lowest BCUT2D eigenvalue weighted by Gasteiger charge is -2.27. The summed E-state index contributed by atoms with van der Waals surface area (Å²) in [5, 5.41) is 6.21. The predicted octanol–water partition coefficient (Wildman–Crippen LogP) is 4.97. The van der Waals surface area contributed by atoms with Gasteiger partial charge in [0.15, 0.2) is 5.78 Å². The fourth-order valence-corrected chi connectivity index (χ4v) is 3.70. The Morgan fingerprint density at radius 2 is 1.47 bits per heavy atom. The van der Waals surface area contributed by atoms with Crippen LogP contribution >= 0.6 is 0 Å². The zero-order chi connectivity index (χ0) is 22.5. The maximum Gasteiger partial charge on any atom is 0.255 e. The minimum atomic E-state index is -0.224. The summed E-state index contributed by atoms with van der Waals surface area (Å²) in [6.07, 6.45) is 3.61. The van der Waals surface area contributed by atoms with Gasteiger partial charge in [-0.1, -0.05) is 12.1 Å². The number of nitrogens with one attached hydrogen (secondary N) is 2. The van der Waals surface area contributed by atoms with Gasteiger partial charge in [0.2, 0.25) is 5.95 Å². The quantitative estimate of drug-likeness (QED) is 0.538. The normalized spacial score (nSPS) is 13.5. The number of hydrogen-bond acceptors (Lipinski definition) is 6. The van der Waals surface area contributed by atoms with Crippen LogP contribution in [0.15, 0.2) is 54.6 Å². The molecule has 4 rings (SSSR count). The van der Waals surface area contributed by atoms with Gasteiger partial charge in [0, 0.05) is 47.4 Å². The number of aryl methyl sites for hydroxylation is 1. The molecule has 1 aromatic heterocycles. The van der Waals surface area contributed by atoms with Crippen LogP contribution in [0.1, 0.15) is 52.6 Å². The topological polar surface area (TPSA) is 87.2 Å². The molecule has 164 valence electrons. The number of aromatic nitrogens is 2. The first-order valence-corrected chi connectivity index (χ1v) is 10.9. The van der Waals surface area contributed by atoms with Crippen molar-refractivity contribution < 1.29 is 9.59 Å². The van der Waals surface area contributed by atoms with Crippen molar-refractivity contribution in [2.45, 2.75) is 33.1 Å². The number of hydrogen-bond donors (Lipinski definition) is 2. The van der Waals surface area contributed by atoms with Crippen molar-refractivity contribution in [2.24, 2.45) is 0 Å². The summed E-state index contributed by atoms with van der Waals surface area (Å²) in [5.74, 6) is 1.27. The molecule has 2 aromatic carbocycles. The van der Waals surface area contributed by atoms with Gasteiger partial charge in [0.25, 0.3) is 5.91 Å². The van der Waals surface area contributed by atoms with Gasteiger partial charge in [-0.15, -0.1) is 0 Å². The smallest absolute Gasteiger partial charge is 0.255 e. The van der Waals surface area contributed by atoms with Crippen LogP contribution in [0.3, 0.4) is 0 Å². The van der Waals surface area contributed by atoms with Crippen LogP contribution in [-0.2, 0) is 0 Å². The minimum Gasteiger partial charge on any atom is -0.341 e. The van der Waals surface area contributed by atoms with Gasteiger partial charge < -0.3 is 15.5 Å². The lowest BCUT2D eigenvalue weighted by molar-refractivity contribution is 0.101. The van der Waals surface area contributed by atoms with E-state index in [1.165, 1.54) is 26.2 Å². The Bertz CT molecular complexity index is 1100. The highest BCUT2D eigenvalue weighted by Gasteiger charge is 2.15. The Morgan fingerprint density at radius 3 is 2.12 bits per heavy atom. The van der Waals surface area contributed by atoms with Crippen LogP contribution in [0.5, 0.6) is 0 Å². The average molecular weight is 430 g/mol. The van der Waals surface area contributed by atoms with Gasteiger partial charge >= 0.3 is 0 Å². The van der Waals surface area contributed by atoms with E-state index >= 15 is 0 Å². The highest BCUT2D eigenvalue weighted by Crippen LogP contribution is 2.22. The van der Waals surface area contributed by atoms with E-state index in [1.54, 1.807) is 24.3 Å². The van der Waals surface area contributed by atoms with Crippen LogP contribution in [0, 0.1) is 6.92 Å². The van der Waals surface area contributed by atoms with E-state index in [2.05, 4.69) is 20.5 Å². The van der Waals surface area contributed by atoms with Gasteiger partial charge in [-0.3, -0.25) is 9.59 Å². The van der Waals surface area contributed by atoms with Crippen LogP contribution < -0.4 is 15.5 Å². The molecule has 1 amide bonds. The zero-order valence-corrected chi connectivity index (χ0v) is 18.4. The predicted molar refractivity (Wildman–Crippen MR) is 127 cm³/mol. The number of ketones is 1. The second-order valence-corrected chi connectivity index (χ2v) is 8.03. The van der Waals surface area contributed by atoms with E-state index in [-0.39, 0.29) is 11.7 Å².